The van der Waals surface area contributed by atoms with E-state index in [1.54, 1.807) is 0 Å². The van der Waals surface area contributed by atoms with E-state index in [2.05, 4.69) is 17.5 Å². The van der Waals surface area contributed by atoms with Gasteiger partial charge in [0.15, 0.2) is 0 Å². The first-order chi connectivity index (χ1) is 7.42. The van der Waals surface area contributed by atoms with Gasteiger partial charge in [0.25, 0.3) is 0 Å². The third kappa shape index (κ3) is 2.44. The Hall–Kier alpha value is -0.300. The van der Waals surface area contributed by atoms with Crippen molar-refractivity contribution in [3.63, 3.8) is 0 Å². The molecule has 0 aromatic carbocycles. The van der Waals surface area contributed by atoms with Gasteiger partial charge in [-0.1, -0.05) is 25.0 Å². The minimum absolute atomic E-state index is 0.771. The number of rotatable bonds is 3. The normalized spacial score (nSPS) is 37.3. The van der Waals surface area contributed by atoms with Crippen LogP contribution in [0.25, 0.3) is 0 Å². The summed E-state index contributed by atoms with van der Waals surface area (Å²) < 4.78 is 0. The molecule has 3 aliphatic carbocycles. The molecule has 1 N–H and O–H groups in total. The molecule has 0 aromatic rings. The first-order valence-corrected chi connectivity index (χ1v) is 6.83. The number of nitrogens with one attached hydrogen (secondary N) is 1. The molecule has 0 saturated heterocycles. The van der Waals surface area contributed by atoms with Crippen molar-refractivity contribution in [2.24, 2.45) is 11.8 Å². The molecule has 1 nitrogen and oxygen atoms in total. The van der Waals surface area contributed by atoms with Crippen LogP contribution in [0.15, 0.2) is 12.2 Å². The molecule has 0 aromatic heterocycles. The molecule has 84 valence electrons. The first-order valence-electron chi connectivity index (χ1n) is 6.83. The fourth-order valence-electron chi connectivity index (χ4n) is 3.46. The fourth-order valence-corrected chi connectivity index (χ4v) is 3.46. The quantitative estimate of drug-likeness (QED) is 0.697. The van der Waals surface area contributed by atoms with E-state index in [4.69, 9.17) is 0 Å². The van der Waals surface area contributed by atoms with E-state index in [1.165, 1.54) is 51.4 Å². The summed E-state index contributed by atoms with van der Waals surface area (Å²) in [5, 5.41) is 3.87. The van der Waals surface area contributed by atoms with Crippen molar-refractivity contribution in [2.45, 2.75) is 63.5 Å². The molecule has 0 bridgehead atoms. The van der Waals surface area contributed by atoms with Crippen LogP contribution in [0.1, 0.15) is 51.4 Å². The van der Waals surface area contributed by atoms with Crippen LogP contribution < -0.4 is 5.32 Å². The molecule has 2 unspecified atom stereocenters. The van der Waals surface area contributed by atoms with E-state index in [0.29, 0.717) is 0 Å². The zero-order valence-electron chi connectivity index (χ0n) is 9.62. The average Bonchev–Trinajstić information content (AvgIpc) is 3.00. The predicted octanol–water partition coefficient (Wildman–Crippen LogP) is 3.26. The molecule has 0 radical (unpaired) electrons. The SMILES string of the molecule is C1=CCC(NC2CCCC(C3CC3)C2)C1. The van der Waals surface area contributed by atoms with Crippen molar-refractivity contribution in [2.75, 3.05) is 0 Å². The lowest BCUT2D eigenvalue weighted by Crippen LogP contribution is -2.40. The number of hydrogen-bond acceptors (Lipinski definition) is 1. The second-order valence-corrected chi connectivity index (χ2v) is 5.77. The Kier molecular flexibility index (Phi) is 2.83. The molecular formula is C14H23N. The lowest BCUT2D eigenvalue weighted by molar-refractivity contribution is 0.247. The summed E-state index contributed by atoms with van der Waals surface area (Å²) in [6, 6.07) is 1.61. The van der Waals surface area contributed by atoms with Gasteiger partial charge >= 0.3 is 0 Å². The highest BCUT2D eigenvalue weighted by Gasteiger charge is 2.34. The summed E-state index contributed by atoms with van der Waals surface area (Å²) in [5.74, 6) is 2.20. The van der Waals surface area contributed by atoms with Gasteiger partial charge < -0.3 is 5.32 Å². The Balaban J connectivity index is 1.48. The van der Waals surface area contributed by atoms with Gasteiger partial charge in [0.2, 0.25) is 0 Å². The maximum Gasteiger partial charge on any atom is 0.0139 e. The van der Waals surface area contributed by atoms with E-state index in [0.717, 1.165) is 23.9 Å². The maximum absolute atomic E-state index is 3.87. The summed E-state index contributed by atoms with van der Waals surface area (Å²) in [7, 11) is 0. The van der Waals surface area contributed by atoms with Crippen molar-refractivity contribution in [1.82, 2.24) is 5.32 Å². The highest BCUT2D eigenvalue weighted by atomic mass is 15.0. The highest BCUT2D eigenvalue weighted by molar-refractivity contribution is 4.99. The molecule has 3 aliphatic rings. The van der Waals surface area contributed by atoms with E-state index in [1.807, 2.05) is 0 Å². The molecule has 0 heterocycles. The first kappa shape index (κ1) is 9.89. The molecule has 2 fully saturated rings. The monoisotopic (exact) mass is 205 g/mol. The van der Waals surface area contributed by atoms with Gasteiger partial charge in [-0.3, -0.25) is 0 Å². The van der Waals surface area contributed by atoms with Crippen molar-refractivity contribution in [1.29, 1.82) is 0 Å². The topological polar surface area (TPSA) is 12.0 Å². The van der Waals surface area contributed by atoms with Crippen LogP contribution in [0, 0.1) is 11.8 Å². The van der Waals surface area contributed by atoms with Crippen LogP contribution in [0.3, 0.4) is 0 Å². The fraction of sp³-hybridized carbons (Fsp3) is 0.857. The van der Waals surface area contributed by atoms with Crippen LogP contribution in [0.5, 0.6) is 0 Å². The summed E-state index contributed by atoms with van der Waals surface area (Å²) in [6.07, 6.45) is 16.2. The van der Waals surface area contributed by atoms with Crippen molar-refractivity contribution in [3.05, 3.63) is 12.2 Å². The molecule has 0 spiro atoms. The van der Waals surface area contributed by atoms with Gasteiger partial charge in [-0.05, 0) is 50.4 Å². The zero-order valence-corrected chi connectivity index (χ0v) is 9.62. The maximum atomic E-state index is 3.87. The van der Waals surface area contributed by atoms with Gasteiger partial charge in [0, 0.05) is 12.1 Å². The molecule has 2 atom stereocenters. The Bertz CT molecular complexity index is 232. The van der Waals surface area contributed by atoms with Crippen molar-refractivity contribution >= 4 is 0 Å². The third-order valence-corrected chi connectivity index (χ3v) is 4.48. The van der Waals surface area contributed by atoms with E-state index in [-0.39, 0.29) is 0 Å². The summed E-state index contributed by atoms with van der Waals surface area (Å²) in [6.45, 7) is 0. The predicted molar refractivity (Wildman–Crippen MR) is 63.8 cm³/mol. The minimum atomic E-state index is 0.771. The third-order valence-electron chi connectivity index (χ3n) is 4.48. The summed E-state index contributed by atoms with van der Waals surface area (Å²) >= 11 is 0. The highest BCUT2D eigenvalue weighted by Crippen LogP contribution is 2.44. The van der Waals surface area contributed by atoms with Crippen LogP contribution >= 0.6 is 0 Å². The summed E-state index contributed by atoms with van der Waals surface area (Å²) in [5.41, 5.74) is 0. The minimum Gasteiger partial charge on any atom is -0.311 e. The lowest BCUT2D eigenvalue weighted by atomic mass is 9.82. The Morgan fingerprint density at radius 2 is 1.60 bits per heavy atom. The zero-order chi connectivity index (χ0) is 10.1. The smallest absolute Gasteiger partial charge is 0.0139 e. The second-order valence-electron chi connectivity index (χ2n) is 5.77. The molecule has 1 heteroatoms. The molecule has 0 amide bonds. The van der Waals surface area contributed by atoms with E-state index >= 15 is 0 Å². The number of hydrogen-bond donors (Lipinski definition) is 1. The van der Waals surface area contributed by atoms with Crippen LogP contribution in [0.2, 0.25) is 0 Å². The standard InChI is InChI=1S/C14H23N/c1-2-6-13(5-1)15-14-7-3-4-12(10-14)11-8-9-11/h1-2,11-15H,3-10H2. The Morgan fingerprint density at radius 3 is 2.33 bits per heavy atom. The van der Waals surface area contributed by atoms with Crippen molar-refractivity contribution in [3.8, 4) is 0 Å². The van der Waals surface area contributed by atoms with Gasteiger partial charge in [0.1, 0.15) is 0 Å². The largest absolute Gasteiger partial charge is 0.311 e. The van der Waals surface area contributed by atoms with Gasteiger partial charge in [-0.25, -0.2) is 0 Å². The van der Waals surface area contributed by atoms with Gasteiger partial charge in [-0.2, -0.15) is 0 Å². The Labute approximate surface area is 93.3 Å². The lowest BCUT2D eigenvalue weighted by Gasteiger charge is -2.32. The van der Waals surface area contributed by atoms with E-state index < -0.39 is 0 Å². The molecule has 3 rings (SSSR count). The van der Waals surface area contributed by atoms with Crippen LogP contribution in [-0.2, 0) is 0 Å². The van der Waals surface area contributed by atoms with Crippen molar-refractivity contribution < 1.29 is 0 Å². The molecule has 0 aliphatic heterocycles. The van der Waals surface area contributed by atoms with E-state index in [9.17, 15) is 0 Å². The van der Waals surface area contributed by atoms with Crippen LogP contribution in [0.4, 0.5) is 0 Å². The molecule has 2 saturated carbocycles. The summed E-state index contributed by atoms with van der Waals surface area (Å²) in [4.78, 5) is 0. The van der Waals surface area contributed by atoms with Gasteiger partial charge in [-0.15, -0.1) is 0 Å². The molecular weight excluding hydrogens is 182 g/mol. The van der Waals surface area contributed by atoms with Gasteiger partial charge in [0.05, 0.1) is 0 Å². The average molecular weight is 205 g/mol. The molecule has 15 heavy (non-hydrogen) atoms. The second kappa shape index (κ2) is 4.29. The van der Waals surface area contributed by atoms with Crippen LogP contribution in [-0.4, -0.2) is 12.1 Å². The Morgan fingerprint density at radius 1 is 0.800 bits per heavy atom.